The lowest BCUT2D eigenvalue weighted by atomic mass is 10.1. The summed E-state index contributed by atoms with van der Waals surface area (Å²) < 4.78 is 0. The molecule has 0 aliphatic carbocycles. The highest BCUT2D eigenvalue weighted by molar-refractivity contribution is 7.10. The molecule has 2 heterocycles. The first-order valence-corrected chi connectivity index (χ1v) is 6.32. The molecule has 0 fully saturated rings. The highest BCUT2D eigenvalue weighted by Gasteiger charge is 2.16. The van der Waals surface area contributed by atoms with Crippen molar-refractivity contribution in [3.63, 3.8) is 0 Å². The molecule has 1 aromatic heterocycles. The maximum atomic E-state index is 10.8. The summed E-state index contributed by atoms with van der Waals surface area (Å²) in [5.74, 6) is -0.298. The summed E-state index contributed by atoms with van der Waals surface area (Å²) >= 11 is 1.83. The van der Waals surface area contributed by atoms with Crippen molar-refractivity contribution in [3.8, 4) is 0 Å². The first-order valence-electron chi connectivity index (χ1n) is 5.45. The molecule has 1 aliphatic heterocycles. The van der Waals surface area contributed by atoms with E-state index in [0.717, 1.165) is 26.1 Å². The Morgan fingerprint density at radius 2 is 2.50 bits per heavy atom. The number of rotatable bonds is 4. The van der Waals surface area contributed by atoms with Gasteiger partial charge in [0.15, 0.2) is 0 Å². The summed E-state index contributed by atoms with van der Waals surface area (Å²) in [5.41, 5.74) is 1.42. The van der Waals surface area contributed by atoms with Crippen molar-refractivity contribution < 1.29 is 9.90 Å². The van der Waals surface area contributed by atoms with Gasteiger partial charge in [0.1, 0.15) is 6.61 Å². The second kappa shape index (κ2) is 5.43. The van der Waals surface area contributed by atoms with Crippen molar-refractivity contribution >= 4 is 17.2 Å². The molecule has 0 bridgehead atoms. The van der Waals surface area contributed by atoms with Crippen LogP contribution in [0.25, 0.3) is 0 Å². The van der Waals surface area contributed by atoms with Crippen molar-refractivity contribution in [2.45, 2.75) is 13.0 Å². The Morgan fingerprint density at radius 1 is 1.62 bits per heavy atom. The Balaban J connectivity index is 1.75. The summed E-state index contributed by atoms with van der Waals surface area (Å²) in [5, 5.41) is 13.4. The van der Waals surface area contributed by atoms with Crippen molar-refractivity contribution in [1.29, 1.82) is 0 Å². The second-order valence-corrected chi connectivity index (χ2v) is 4.90. The fourth-order valence-electron chi connectivity index (χ4n) is 1.91. The average Bonchev–Trinajstić information content (AvgIpc) is 2.76. The average molecular weight is 240 g/mol. The molecule has 0 saturated heterocycles. The Bertz CT molecular complexity index is 365. The van der Waals surface area contributed by atoms with E-state index in [9.17, 15) is 4.79 Å². The van der Waals surface area contributed by atoms with E-state index in [1.165, 1.54) is 10.4 Å². The zero-order chi connectivity index (χ0) is 11.4. The number of fused-ring (bicyclic) bond motifs is 1. The van der Waals surface area contributed by atoms with Gasteiger partial charge in [0.25, 0.3) is 0 Å². The molecule has 88 valence electrons. The number of hydrogen-bond acceptors (Lipinski definition) is 4. The van der Waals surface area contributed by atoms with Crippen molar-refractivity contribution in [2.24, 2.45) is 0 Å². The largest absolute Gasteiger partial charge is 0.387 e. The maximum Gasteiger partial charge on any atom is 0.245 e. The predicted octanol–water partition coefficient (Wildman–Crippen LogP) is 0.215. The van der Waals surface area contributed by atoms with E-state index in [2.05, 4.69) is 21.7 Å². The Hall–Kier alpha value is -0.910. The van der Waals surface area contributed by atoms with Crippen LogP contribution in [0, 0.1) is 0 Å². The summed E-state index contributed by atoms with van der Waals surface area (Å²) in [6.45, 7) is 3.07. The minimum absolute atomic E-state index is 0.298. The van der Waals surface area contributed by atoms with Gasteiger partial charge < -0.3 is 10.4 Å². The Morgan fingerprint density at radius 3 is 3.31 bits per heavy atom. The Kier molecular flexibility index (Phi) is 3.93. The molecule has 0 aromatic carbocycles. The van der Waals surface area contributed by atoms with Gasteiger partial charge in [-0.15, -0.1) is 11.3 Å². The number of carbonyl (C=O) groups excluding carboxylic acids is 1. The third-order valence-corrected chi connectivity index (χ3v) is 3.80. The van der Waals surface area contributed by atoms with Gasteiger partial charge in [0, 0.05) is 31.1 Å². The number of aliphatic hydroxyl groups is 1. The molecular formula is C11H16N2O2S. The van der Waals surface area contributed by atoms with Gasteiger partial charge in [-0.05, 0) is 23.4 Å². The molecule has 0 saturated carbocycles. The fourth-order valence-corrected chi connectivity index (χ4v) is 2.80. The monoisotopic (exact) mass is 240 g/mol. The number of hydrogen-bond donors (Lipinski definition) is 2. The van der Waals surface area contributed by atoms with Crippen LogP contribution < -0.4 is 5.32 Å². The van der Waals surface area contributed by atoms with Gasteiger partial charge in [0.2, 0.25) is 5.91 Å². The van der Waals surface area contributed by atoms with Gasteiger partial charge in [-0.2, -0.15) is 0 Å². The normalized spacial score (nSPS) is 15.8. The van der Waals surface area contributed by atoms with E-state index in [1.54, 1.807) is 0 Å². The number of nitrogens with zero attached hydrogens (tertiary/aromatic N) is 1. The highest BCUT2D eigenvalue weighted by atomic mass is 32.1. The van der Waals surface area contributed by atoms with E-state index < -0.39 is 6.61 Å². The maximum absolute atomic E-state index is 10.8. The summed E-state index contributed by atoms with van der Waals surface area (Å²) in [6.07, 6.45) is 1.11. The summed E-state index contributed by atoms with van der Waals surface area (Å²) in [7, 11) is 0. The number of thiophene rings is 1. The minimum Gasteiger partial charge on any atom is -0.387 e. The molecule has 2 rings (SSSR count). The molecule has 0 spiro atoms. The summed E-state index contributed by atoms with van der Waals surface area (Å²) in [6, 6.07) is 2.18. The highest BCUT2D eigenvalue weighted by Crippen LogP contribution is 2.23. The molecule has 5 heteroatoms. The van der Waals surface area contributed by atoms with Crippen LogP contribution >= 0.6 is 11.3 Å². The molecular weight excluding hydrogens is 224 g/mol. The minimum atomic E-state index is -0.422. The summed E-state index contributed by atoms with van der Waals surface area (Å²) in [4.78, 5) is 14.7. The molecule has 4 nitrogen and oxygen atoms in total. The van der Waals surface area contributed by atoms with Crippen LogP contribution in [0.4, 0.5) is 0 Å². The number of amides is 1. The fraction of sp³-hybridized carbons (Fsp3) is 0.545. The SMILES string of the molecule is O=C(CO)NCCN1CCc2sccc2C1. The number of aliphatic hydroxyl groups excluding tert-OH is 1. The van der Waals surface area contributed by atoms with Crippen molar-refractivity contribution in [3.05, 3.63) is 21.9 Å². The van der Waals surface area contributed by atoms with E-state index >= 15 is 0 Å². The predicted molar refractivity (Wildman–Crippen MR) is 63.4 cm³/mol. The van der Waals surface area contributed by atoms with Gasteiger partial charge in [-0.25, -0.2) is 0 Å². The Labute approximate surface area is 98.9 Å². The quantitative estimate of drug-likeness (QED) is 0.791. The van der Waals surface area contributed by atoms with Crippen molar-refractivity contribution in [1.82, 2.24) is 10.2 Å². The zero-order valence-corrected chi connectivity index (χ0v) is 9.92. The van der Waals surface area contributed by atoms with E-state index in [1.807, 2.05) is 11.3 Å². The van der Waals surface area contributed by atoms with Crippen LogP contribution in [0.3, 0.4) is 0 Å². The van der Waals surface area contributed by atoms with Crippen LogP contribution in [0.1, 0.15) is 10.4 Å². The van der Waals surface area contributed by atoms with Crippen LogP contribution in [-0.2, 0) is 17.8 Å². The second-order valence-electron chi connectivity index (χ2n) is 3.90. The molecule has 0 radical (unpaired) electrons. The molecule has 0 atom stereocenters. The molecule has 1 amide bonds. The molecule has 1 aliphatic rings. The van der Waals surface area contributed by atoms with Crippen LogP contribution in [0.5, 0.6) is 0 Å². The topological polar surface area (TPSA) is 52.6 Å². The first kappa shape index (κ1) is 11.6. The third-order valence-electron chi connectivity index (χ3n) is 2.78. The lowest BCUT2D eigenvalue weighted by Gasteiger charge is -2.26. The lowest BCUT2D eigenvalue weighted by molar-refractivity contribution is -0.123. The van der Waals surface area contributed by atoms with E-state index in [4.69, 9.17) is 5.11 Å². The van der Waals surface area contributed by atoms with Gasteiger partial charge in [-0.3, -0.25) is 9.69 Å². The number of nitrogens with one attached hydrogen (secondary N) is 1. The molecule has 1 aromatic rings. The third kappa shape index (κ3) is 2.81. The molecule has 16 heavy (non-hydrogen) atoms. The lowest BCUT2D eigenvalue weighted by Crippen LogP contribution is -2.38. The van der Waals surface area contributed by atoms with Gasteiger partial charge in [0.05, 0.1) is 0 Å². The first-order chi connectivity index (χ1) is 7.79. The smallest absolute Gasteiger partial charge is 0.245 e. The van der Waals surface area contributed by atoms with E-state index in [-0.39, 0.29) is 5.91 Å². The molecule has 2 N–H and O–H groups in total. The number of carbonyl (C=O) groups is 1. The van der Waals surface area contributed by atoms with Crippen LogP contribution in [0.15, 0.2) is 11.4 Å². The molecule has 0 unspecified atom stereocenters. The van der Waals surface area contributed by atoms with E-state index in [0.29, 0.717) is 6.54 Å². The standard InChI is InChI=1S/C11H16N2O2S/c14-8-11(15)12-3-5-13-4-1-10-9(7-13)2-6-16-10/h2,6,14H,1,3-5,7-8H2,(H,12,15). The van der Waals surface area contributed by atoms with Crippen LogP contribution in [0.2, 0.25) is 0 Å². The van der Waals surface area contributed by atoms with Gasteiger partial charge >= 0.3 is 0 Å². The van der Waals surface area contributed by atoms with Gasteiger partial charge in [-0.1, -0.05) is 0 Å². The van der Waals surface area contributed by atoms with Crippen LogP contribution in [-0.4, -0.2) is 42.2 Å². The van der Waals surface area contributed by atoms with Crippen molar-refractivity contribution in [2.75, 3.05) is 26.2 Å². The zero-order valence-electron chi connectivity index (χ0n) is 9.11.